The van der Waals surface area contributed by atoms with Crippen molar-refractivity contribution in [2.45, 2.75) is 24.9 Å². The number of allylic oxidation sites excluding steroid dienone is 1. The summed E-state index contributed by atoms with van der Waals surface area (Å²) in [5, 5.41) is 3.58. The van der Waals surface area contributed by atoms with Gasteiger partial charge in [-0.1, -0.05) is 23.9 Å². The number of thioether (sulfide) groups is 1. The average Bonchev–Trinajstić information content (AvgIpc) is 2.66. The van der Waals surface area contributed by atoms with E-state index in [1.807, 2.05) is 6.07 Å². The van der Waals surface area contributed by atoms with Crippen LogP contribution in [0, 0.1) is 0 Å². The van der Waals surface area contributed by atoms with Crippen molar-refractivity contribution >= 4 is 23.5 Å². The first kappa shape index (κ1) is 18.9. The minimum Gasteiger partial charge on any atom is -0.463 e. The molecule has 0 saturated carbocycles. The highest BCUT2D eigenvalue weighted by molar-refractivity contribution is 7.99. The Kier molecular flexibility index (Phi) is 5.75. The maximum absolute atomic E-state index is 12.9. The molecule has 0 bridgehead atoms. The quantitative estimate of drug-likeness (QED) is 0.342. The fourth-order valence-corrected chi connectivity index (χ4v) is 3.59. The van der Waals surface area contributed by atoms with Gasteiger partial charge in [0.15, 0.2) is 5.16 Å². The lowest BCUT2D eigenvalue weighted by Crippen LogP contribution is -2.31. The number of fused-ring (bicyclic) bond motifs is 1. The summed E-state index contributed by atoms with van der Waals surface area (Å²) in [6.45, 7) is 7.44. The summed E-state index contributed by atoms with van der Waals surface area (Å²) in [7, 11) is 0. The molecule has 2 N–H and O–H groups in total. The van der Waals surface area contributed by atoms with Crippen molar-refractivity contribution in [3.8, 4) is 0 Å². The van der Waals surface area contributed by atoms with Crippen molar-refractivity contribution in [2.24, 2.45) is 0 Å². The molecule has 8 heteroatoms. The predicted octanol–water partition coefficient (Wildman–Crippen LogP) is 2.84. The van der Waals surface area contributed by atoms with Crippen molar-refractivity contribution in [3.05, 3.63) is 69.9 Å². The lowest BCUT2D eigenvalue weighted by Gasteiger charge is -2.28. The van der Waals surface area contributed by atoms with Gasteiger partial charge in [-0.25, -0.2) is 9.78 Å². The van der Waals surface area contributed by atoms with E-state index in [4.69, 9.17) is 4.74 Å². The first-order chi connectivity index (χ1) is 13.1. The molecule has 140 valence electrons. The van der Waals surface area contributed by atoms with Gasteiger partial charge < -0.3 is 15.0 Å². The normalized spacial score (nSPS) is 15.7. The fourth-order valence-electron chi connectivity index (χ4n) is 3.00. The second-order valence-corrected chi connectivity index (χ2v) is 6.85. The highest BCUT2D eigenvalue weighted by Gasteiger charge is 2.36. The number of hydrogen-bond acceptors (Lipinski definition) is 7. The van der Waals surface area contributed by atoms with Gasteiger partial charge in [-0.05, 0) is 25.5 Å². The van der Waals surface area contributed by atoms with Crippen LogP contribution in [0.1, 0.15) is 30.9 Å². The Balaban J connectivity index is 2.18. The summed E-state index contributed by atoms with van der Waals surface area (Å²) in [4.78, 5) is 37.0. The number of rotatable bonds is 6. The van der Waals surface area contributed by atoms with Crippen molar-refractivity contribution in [2.75, 3.05) is 17.7 Å². The van der Waals surface area contributed by atoms with Gasteiger partial charge in [0.2, 0.25) is 0 Å². The second-order valence-electron chi connectivity index (χ2n) is 5.84. The lowest BCUT2D eigenvalue weighted by molar-refractivity contribution is -0.138. The predicted molar refractivity (Wildman–Crippen MR) is 105 cm³/mol. The van der Waals surface area contributed by atoms with E-state index in [9.17, 15) is 9.59 Å². The third-order valence-corrected chi connectivity index (χ3v) is 4.94. The number of aromatic amines is 1. The van der Waals surface area contributed by atoms with Gasteiger partial charge in [-0.3, -0.25) is 9.78 Å². The van der Waals surface area contributed by atoms with E-state index in [1.165, 1.54) is 11.8 Å². The summed E-state index contributed by atoms with van der Waals surface area (Å²) in [5.74, 6) is -0.0173. The largest absolute Gasteiger partial charge is 0.463 e. The number of H-pyrrole nitrogens is 1. The fraction of sp³-hybridized carbons (Fsp3) is 0.263. The van der Waals surface area contributed by atoms with Crippen LogP contribution in [0.4, 0.5) is 5.82 Å². The first-order valence-corrected chi connectivity index (χ1v) is 9.48. The maximum atomic E-state index is 12.9. The monoisotopic (exact) mass is 384 g/mol. The van der Waals surface area contributed by atoms with Crippen LogP contribution in [0.3, 0.4) is 0 Å². The van der Waals surface area contributed by atoms with Gasteiger partial charge >= 0.3 is 5.97 Å². The molecule has 1 atom stereocenters. The third kappa shape index (κ3) is 3.80. The molecule has 0 fully saturated rings. The molecule has 0 aromatic carbocycles. The molecular weight excluding hydrogens is 364 g/mol. The van der Waals surface area contributed by atoms with E-state index in [0.717, 1.165) is 5.56 Å². The number of anilines is 1. The van der Waals surface area contributed by atoms with E-state index in [1.54, 1.807) is 38.4 Å². The number of esters is 1. The number of nitrogens with zero attached hydrogens (tertiary/aromatic N) is 2. The molecule has 2 aromatic rings. The molecule has 0 radical (unpaired) electrons. The molecule has 0 spiro atoms. The summed E-state index contributed by atoms with van der Waals surface area (Å²) in [5.41, 5.74) is 1.78. The van der Waals surface area contributed by atoms with E-state index >= 15 is 0 Å². The van der Waals surface area contributed by atoms with Crippen LogP contribution in [0.25, 0.3) is 0 Å². The van der Waals surface area contributed by atoms with Gasteiger partial charge in [0.25, 0.3) is 5.56 Å². The minimum absolute atomic E-state index is 0.244. The van der Waals surface area contributed by atoms with Crippen LogP contribution in [-0.2, 0) is 9.53 Å². The molecule has 3 rings (SSSR count). The maximum Gasteiger partial charge on any atom is 0.336 e. The summed E-state index contributed by atoms with van der Waals surface area (Å²) in [6, 6.07) is 3.60. The van der Waals surface area contributed by atoms with Crippen LogP contribution >= 0.6 is 11.8 Å². The van der Waals surface area contributed by atoms with Crippen molar-refractivity contribution in [1.82, 2.24) is 15.0 Å². The molecular formula is C19H20N4O3S. The highest BCUT2D eigenvalue weighted by Crippen LogP contribution is 2.39. The van der Waals surface area contributed by atoms with Crippen molar-refractivity contribution < 1.29 is 9.53 Å². The van der Waals surface area contributed by atoms with Crippen LogP contribution in [0.2, 0.25) is 0 Å². The molecule has 0 aliphatic carbocycles. The topological polar surface area (TPSA) is 97.0 Å². The number of nitrogens with one attached hydrogen (secondary N) is 2. The van der Waals surface area contributed by atoms with E-state index in [0.29, 0.717) is 33.6 Å². The molecule has 1 aliphatic heterocycles. The number of ether oxygens (including phenoxy) is 1. The third-order valence-electron chi connectivity index (χ3n) is 4.07. The molecule has 1 aliphatic rings. The Morgan fingerprint density at radius 2 is 2.30 bits per heavy atom. The minimum atomic E-state index is -0.608. The molecule has 2 aromatic heterocycles. The molecule has 1 unspecified atom stereocenters. The van der Waals surface area contributed by atoms with Crippen LogP contribution in [0.5, 0.6) is 0 Å². The van der Waals surface area contributed by atoms with Gasteiger partial charge in [-0.15, -0.1) is 6.58 Å². The molecule has 27 heavy (non-hydrogen) atoms. The van der Waals surface area contributed by atoms with E-state index in [-0.39, 0.29) is 12.2 Å². The Hall–Kier alpha value is -2.87. The number of pyridine rings is 1. The molecule has 7 nitrogen and oxygen atoms in total. The number of carbonyl (C=O) groups excluding carboxylic acids is 1. The Morgan fingerprint density at radius 3 is 2.96 bits per heavy atom. The Morgan fingerprint density at radius 1 is 1.48 bits per heavy atom. The zero-order valence-electron chi connectivity index (χ0n) is 15.1. The van der Waals surface area contributed by atoms with Crippen molar-refractivity contribution in [3.63, 3.8) is 0 Å². The highest BCUT2D eigenvalue weighted by atomic mass is 32.2. The smallest absolute Gasteiger partial charge is 0.336 e. The number of aromatic nitrogens is 3. The lowest BCUT2D eigenvalue weighted by atomic mass is 9.83. The van der Waals surface area contributed by atoms with Crippen LogP contribution < -0.4 is 10.9 Å². The number of carbonyl (C=O) groups is 1. The average molecular weight is 384 g/mol. The number of hydrogen-bond donors (Lipinski definition) is 2. The summed E-state index contributed by atoms with van der Waals surface area (Å²) >= 11 is 1.38. The van der Waals surface area contributed by atoms with Gasteiger partial charge in [-0.2, -0.15) is 0 Å². The standard InChI is InChI=1S/C19H20N4O3S/c1-4-9-27-19-22-16-15(17(24)23-19)14(12-7-6-8-20-10-12)13(11(3)21-16)18(25)26-5-2/h4,6-8,10,14H,1,5,9H2,2-3H3,(H2,21,22,23,24). The molecule has 3 heterocycles. The molecule has 0 saturated heterocycles. The zero-order chi connectivity index (χ0) is 19.4. The van der Waals surface area contributed by atoms with Gasteiger partial charge in [0.05, 0.1) is 23.7 Å². The van der Waals surface area contributed by atoms with E-state index < -0.39 is 11.9 Å². The van der Waals surface area contributed by atoms with Crippen LogP contribution in [0.15, 0.2) is 58.4 Å². The van der Waals surface area contributed by atoms with Crippen molar-refractivity contribution in [1.29, 1.82) is 0 Å². The zero-order valence-corrected chi connectivity index (χ0v) is 15.9. The summed E-state index contributed by atoms with van der Waals surface area (Å²) < 4.78 is 5.23. The first-order valence-electron chi connectivity index (χ1n) is 8.49. The second kappa shape index (κ2) is 8.22. The van der Waals surface area contributed by atoms with Gasteiger partial charge in [0, 0.05) is 23.8 Å². The van der Waals surface area contributed by atoms with Crippen LogP contribution in [-0.4, -0.2) is 33.3 Å². The Bertz CT molecular complexity index is 953. The van der Waals surface area contributed by atoms with Gasteiger partial charge in [0.1, 0.15) is 5.82 Å². The molecule has 0 amide bonds. The summed E-state index contributed by atoms with van der Waals surface area (Å²) in [6.07, 6.45) is 5.02. The Labute approximate surface area is 161 Å². The SMILES string of the molecule is C=CCSc1nc2c(c(=O)[nH]1)C(c1cccnc1)C(C(=O)OCC)=C(C)N2. The van der Waals surface area contributed by atoms with E-state index in [2.05, 4.69) is 26.8 Å².